The highest BCUT2D eigenvalue weighted by Gasteiger charge is 2.18. The van der Waals surface area contributed by atoms with E-state index in [0.717, 1.165) is 16.8 Å². The van der Waals surface area contributed by atoms with E-state index >= 15 is 0 Å². The van der Waals surface area contributed by atoms with Gasteiger partial charge >= 0.3 is 5.97 Å². The van der Waals surface area contributed by atoms with Crippen LogP contribution in [0.15, 0.2) is 42.5 Å². The number of methoxy groups -OCH3 is 2. The molecular weight excluding hydrogens is 396 g/mol. The molecule has 2 aromatic carbocycles. The fourth-order valence-electron chi connectivity index (χ4n) is 3.02. The zero-order chi connectivity index (χ0) is 22.8. The Morgan fingerprint density at radius 3 is 2.39 bits per heavy atom. The Kier molecular flexibility index (Phi) is 8.64. The lowest BCUT2D eigenvalue weighted by Gasteiger charge is -2.23. The summed E-state index contributed by atoms with van der Waals surface area (Å²) < 4.78 is 15.6. The van der Waals surface area contributed by atoms with E-state index in [9.17, 15) is 9.59 Å². The molecule has 7 nitrogen and oxygen atoms in total. The molecule has 162 valence electrons. The first-order valence-electron chi connectivity index (χ1n) is 9.70. The fraction of sp³-hybridized carbons (Fsp3) is 0.292. The van der Waals surface area contributed by atoms with Crippen molar-refractivity contribution < 1.29 is 23.8 Å². The van der Waals surface area contributed by atoms with Crippen molar-refractivity contribution in [1.82, 2.24) is 0 Å². The van der Waals surface area contributed by atoms with Crippen LogP contribution >= 0.6 is 0 Å². The van der Waals surface area contributed by atoms with E-state index in [4.69, 9.17) is 14.7 Å². The highest BCUT2D eigenvalue weighted by molar-refractivity contribution is 5.94. The van der Waals surface area contributed by atoms with Crippen molar-refractivity contribution in [3.63, 3.8) is 0 Å². The van der Waals surface area contributed by atoms with E-state index in [1.165, 1.54) is 20.3 Å². The van der Waals surface area contributed by atoms with Crippen molar-refractivity contribution in [3.8, 4) is 17.6 Å². The van der Waals surface area contributed by atoms with Crippen LogP contribution in [0.25, 0.3) is 6.08 Å². The van der Waals surface area contributed by atoms with Gasteiger partial charge in [0.05, 0.1) is 26.7 Å². The standard InChI is InChI=1S/C24H26N2O5/c1-17-12-18(2)14-20(13-17)26(11-5-10-25)23(27)16-31-21-8-6-19(15-22(21)29-3)7-9-24(28)30-4/h6-9,12-15H,5,11,16H2,1-4H3/b9-7+. The molecule has 0 fully saturated rings. The first-order chi connectivity index (χ1) is 14.9. The topological polar surface area (TPSA) is 88.9 Å². The maximum Gasteiger partial charge on any atom is 0.330 e. The summed E-state index contributed by atoms with van der Waals surface area (Å²) in [6.45, 7) is 3.98. The number of ether oxygens (including phenoxy) is 3. The van der Waals surface area contributed by atoms with Gasteiger partial charge in [-0.15, -0.1) is 0 Å². The molecule has 0 aliphatic carbocycles. The SMILES string of the molecule is COC(=O)/C=C/c1ccc(OCC(=O)N(CCC#N)c2cc(C)cc(C)c2)c(OC)c1. The summed E-state index contributed by atoms with van der Waals surface area (Å²) in [7, 11) is 2.80. The van der Waals surface area contributed by atoms with Gasteiger partial charge in [-0.1, -0.05) is 12.1 Å². The Balaban J connectivity index is 2.16. The van der Waals surface area contributed by atoms with E-state index in [1.54, 1.807) is 29.2 Å². The lowest BCUT2D eigenvalue weighted by atomic mass is 10.1. The predicted octanol–water partition coefficient (Wildman–Crippen LogP) is 3.82. The first kappa shape index (κ1) is 23.5. The zero-order valence-electron chi connectivity index (χ0n) is 18.2. The van der Waals surface area contributed by atoms with Gasteiger partial charge in [-0.05, 0) is 60.9 Å². The number of aryl methyl sites for hydroxylation is 2. The summed E-state index contributed by atoms with van der Waals surface area (Å²) >= 11 is 0. The van der Waals surface area contributed by atoms with Crippen LogP contribution in [-0.2, 0) is 14.3 Å². The van der Waals surface area contributed by atoms with Gasteiger partial charge in [0.15, 0.2) is 18.1 Å². The summed E-state index contributed by atoms with van der Waals surface area (Å²) in [6, 6.07) is 13.0. The average molecular weight is 422 g/mol. The molecule has 0 saturated heterocycles. The summed E-state index contributed by atoms with van der Waals surface area (Å²) in [5, 5.41) is 8.98. The van der Waals surface area contributed by atoms with E-state index in [2.05, 4.69) is 10.8 Å². The number of anilines is 1. The molecule has 0 bridgehead atoms. The van der Waals surface area contributed by atoms with Crippen LogP contribution in [0.1, 0.15) is 23.1 Å². The number of carbonyl (C=O) groups excluding carboxylic acids is 2. The molecule has 0 atom stereocenters. The second-order valence-electron chi connectivity index (χ2n) is 6.85. The third-order valence-electron chi connectivity index (χ3n) is 4.42. The molecule has 0 aromatic heterocycles. The van der Waals surface area contributed by atoms with Crippen LogP contribution in [-0.4, -0.2) is 39.2 Å². The van der Waals surface area contributed by atoms with Gasteiger partial charge in [-0.3, -0.25) is 4.79 Å². The molecule has 31 heavy (non-hydrogen) atoms. The lowest BCUT2D eigenvalue weighted by molar-refractivity contribution is -0.134. The molecule has 2 aromatic rings. The molecule has 0 spiro atoms. The minimum Gasteiger partial charge on any atom is -0.493 e. The molecule has 0 radical (unpaired) electrons. The summed E-state index contributed by atoms with van der Waals surface area (Å²) in [6.07, 6.45) is 3.10. The molecule has 0 N–H and O–H groups in total. The van der Waals surface area contributed by atoms with Crippen LogP contribution in [0.5, 0.6) is 11.5 Å². The maximum absolute atomic E-state index is 12.9. The van der Waals surface area contributed by atoms with Crippen LogP contribution in [0.2, 0.25) is 0 Å². The van der Waals surface area contributed by atoms with E-state index in [-0.39, 0.29) is 25.5 Å². The number of nitrogens with zero attached hydrogens (tertiary/aromatic N) is 2. The molecule has 0 heterocycles. The molecule has 7 heteroatoms. The summed E-state index contributed by atoms with van der Waals surface area (Å²) in [4.78, 5) is 25.7. The van der Waals surface area contributed by atoms with Gasteiger partial charge in [-0.2, -0.15) is 5.26 Å². The second-order valence-corrected chi connectivity index (χ2v) is 6.85. The largest absolute Gasteiger partial charge is 0.493 e. The zero-order valence-corrected chi connectivity index (χ0v) is 18.2. The monoisotopic (exact) mass is 422 g/mol. The first-order valence-corrected chi connectivity index (χ1v) is 9.70. The van der Waals surface area contributed by atoms with Crippen molar-refractivity contribution in [2.45, 2.75) is 20.3 Å². The number of hydrogen-bond acceptors (Lipinski definition) is 6. The quantitative estimate of drug-likeness (QED) is 0.451. The summed E-state index contributed by atoms with van der Waals surface area (Å²) in [5.74, 6) is 0.0900. The van der Waals surface area contributed by atoms with Crippen molar-refractivity contribution in [1.29, 1.82) is 5.26 Å². The molecule has 2 rings (SSSR count). The molecule has 1 amide bonds. The number of amides is 1. The average Bonchev–Trinajstić information content (AvgIpc) is 2.75. The number of esters is 1. The van der Waals surface area contributed by atoms with Crippen LogP contribution in [0.4, 0.5) is 5.69 Å². The van der Waals surface area contributed by atoms with Gasteiger partial charge in [0, 0.05) is 18.3 Å². The van der Waals surface area contributed by atoms with Gasteiger partial charge in [0.2, 0.25) is 0 Å². The number of rotatable bonds is 9. The predicted molar refractivity (Wildman–Crippen MR) is 118 cm³/mol. The molecule has 0 aliphatic rings. The van der Waals surface area contributed by atoms with E-state index in [0.29, 0.717) is 17.1 Å². The van der Waals surface area contributed by atoms with Crippen molar-refractivity contribution in [2.24, 2.45) is 0 Å². The third kappa shape index (κ3) is 6.89. The number of benzene rings is 2. The minimum absolute atomic E-state index is 0.212. The van der Waals surface area contributed by atoms with Gasteiger partial charge in [0.25, 0.3) is 5.91 Å². The maximum atomic E-state index is 12.9. The highest BCUT2D eigenvalue weighted by atomic mass is 16.5. The number of hydrogen-bond donors (Lipinski definition) is 0. The Bertz CT molecular complexity index is 987. The van der Waals surface area contributed by atoms with Crippen LogP contribution < -0.4 is 14.4 Å². The third-order valence-corrected chi connectivity index (χ3v) is 4.42. The van der Waals surface area contributed by atoms with Gasteiger partial charge < -0.3 is 19.1 Å². The van der Waals surface area contributed by atoms with Gasteiger partial charge in [-0.25, -0.2) is 4.79 Å². The number of nitriles is 1. The van der Waals surface area contributed by atoms with E-state index in [1.807, 2.05) is 32.0 Å². The van der Waals surface area contributed by atoms with Crippen LogP contribution in [0, 0.1) is 25.2 Å². The van der Waals surface area contributed by atoms with Crippen molar-refractivity contribution in [2.75, 3.05) is 32.3 Å². The van der Waals surface area contributed by atoms with Crippen molar-refractivity contribution in [3.05, 3.63) is 59.2 Å². The molecular formula is C24H26N2O5. The van der Waals surface area contributed by atoms with Gasteiger partial charge in [0.1, 0.15) is 0 Å². The summed E-state index contributed by atoms with van der Waals surface area (Å²) in [5.41, 5.74) is 3.51. The second kappa shape index (κ2) is 11.4. The van der Waals surface area contributed by atoms with Crippen LogP contribution in [0.3, 0.4) is 0 Å². The molecule has 0 aliphatic heterocycles. The number of carbonyl (C=O) groups is 2. The molecule has 0 saturated carbocycles. The van der Waals surface area contributed by atoms with Crippen molar-refractivity contribution >= 4 is 23.6 Å². The lowest BCUT2D eigenvalue weighted by Crippen LogP contribution is -2.35. The minimum atomic E-state index is -0.464. The molecule has 0 unspecified atom stereocenters. The Labute approximate surface area is 182 Å². The van der Waals surface area contributed by atoms with E-state index < -0.39 is 5.97 Å². The Morgan fingerprint density at radius 2 is 1.77 bits per heavy atom. The smallest absolute Gasteiger partial charge is 0.330 e. The fourth-order valence-corrected chi connectivity index (χ4v) is 3.02. The normalized spacial score (nSPS) is 10.4. The Morgan fingerprint density at radius 1 is 1.06 bits per heavy atom. The Hall–Kier alpha value is -3.79. The highest BCUT2D eigenvalue weighted by Crippen LogP contribution is 2.29.